The van der Waals surface area contributed by atoms with E-state index in [9.17, 15) is 4.79 Å². The smallest absolute Gasteiger partial charge is 0.346 e. The Bertz CT molecular complexity index is 364. The second-order valence-corrected chi connectivity index (χ2v) is 2.23. The Kier molecular flexibility index (Phi) is 8.63. The highest BCUT2D eigenvalue weighted by molar-refractivity contribution is 5.72. The van der Waals surface area contributed by atoms with E-state index < -0.39 is 5.69 Å². The van der Waals surface area contributed by atoms with Gasteiger partial charge in [0.05, 0.1) is 0 Å². The van der Waals surface area contributed by atoms with Crippen LogP contribution >= 0.6 is 0 Å². The highest BCUT2D eigenvalue weighted by Crippen LogP contribution is 1.82. The zero-order valence-corrected chi connectivity index (χ0v) is 8.40. The average Bonchev–Trinajstić information content (AvgIpc) is 2.00. The lowest BCUT2D eigenvalue weighted by Gasteiger charge is -1.83. The second-order valence-electron chi connectivity index (χ2n) is 2.23. The summed E-state index contributed by atoms with van der Waals surface area (Å²) in [5, 5.41) is 12.1. The molecule has 0 unspecified atom stereocenters. The summed E-state index contributed by atoms with van der Waals surface area (Å²) < 4.78 is 0. The van der Waals surface area contributed by atoms with Crippen molar-refractivity contribution < 1.29 is 0 Å². The summed E-state index contributed by atoms with van der Waals surface area (Å²) in [5.74, 6) is -0.422. The Morgan fingerprint density at radius 1 is 1.19 bits per heavy atom. The van der Waals surface area contributed by atoms with Gasteiger partial charge in [-0.2, -0.15) is 4.98 Å². The van der Waals surface area contributed by atoms with Crippen molar-refractivity contribution in [2.24, 2.45) is 22.9 Å². The molecule has 0 saturated carbocycles. The van der Waals surface area contributed by atoms with E-state index >= 15 is 0 Å². The third-order valence-corrected chi connectivity index (χ3v) is 0.692. The zero-order chi connectivity index (χ0) is 13.1. The number of nitrogen functional groups attached to an aromatic ring is 1. The summed E-state index contributed by atoms with van der Waals surface area (Å²) in [6.07, 6.45) is 1.45. The van der Waals surface area contributed by atoms with Crippen molar-refractivity contribution in [3.8, 4) is 0 Å². The number of nitrogens with one attached hydrogen (secondary N) is 3. The van der Waals surface area contributed by atoms with Crippen LogP contribution < -0.4 is 34.4 Å². The van der Waals surface area contributed by atoms with E-state index in [1.54, 1.807) is 0 Å². The van der Waals surface area contributed by atoms with E-state index in [1.807, 2.05) is 0 Å². The number of guanidine groups is 2. The molecular weight excluding hydrogens is 214 g/mol. The zero-order valence-electron chi connectivity index (χ0n) is 8.40. The van der Waals surface area contributed by atoms with E-state index in [2.05, 4.69) is 32.9 Å². The highest BCUT2D eigenvalue weighted by Gasteiger charge is 1.81. The van der Waals surface area contributed by atoms with Gasteiger partial charge in [0, 0.05) is 6.20 Å². The molecule has 0 radical (unpaired) electrons. The van der Waals surface area contributed by atoms with Gasteiger partial charge >= 0.3 is 5.69 Å². The molecule has 10 heteroatoms. The normalized spacial score (nSPS) is 7.50. The fraction of sp³-hybridized carbons (Fsp3) is 0. The molecule has 0 aromatic carbocycles. The van der Waals surface area contributed by atoms with Crippen molar-refractivity contribution in [1.82, 2.24) is 9.97 Å². The number of hydrogen-bond acceptors (Lipinski definition) is 5. The largest absolute Gasteiger partial charge is 0.383 e. The van der Waals surface area contributed by atoms with E-state index in [0.29, 0.717) is 0 Å². The molecule has 0 aliphatic rings. The molecule has 0 bridgehead atoms. The molecule has 1 rings (SSSR count). The molecule has 0 amide bonds. The first kappa shape index (κ1) is 15.7. The maximum absolute atomic E-state index is 10.2. The van der Waals surface area contributed by atoms with Gasteiger partial charge in [0.25, 0.3) is 0 Å². The van der Waals surface area contributed by atoms with Crippen molar-refractivity contribution in [2.75, 3.05) is 5.73 Å². The first-order chi connectivity index (χ1) is 7.25. The molecular formula is C6H15N9O. The lowest BCUT2D eigenvalue weighted by molar-refractivity contribution is 1.08. The number of aromatic nitrogens is 2. The second kappa shape index (κ2) is 8.80. The minimum atomic E-state index is -0.412. The van der Waals surface area contributed by atoms with Gasteiger partial charge in [-0.25, -0.2) is 4.79 Å². The van der Waals surface area contributed by atoms with Gasteiger partial charge in [0.1, 0.15) is 5.82 Å². The van der Waals surface area contributed by atoms with Crippen molar-refractivity contribution in [1.29, 1.82) is 10.8 Å². The first-order valence-electron chi connectivity index (χ1n) is 3.76. The number of nitrogens with two attached hydrogens (primary N) is 5. The van der Waals surface area contributed by atoms with Crippen LogP contribution in [0.5, 0.6) is 0 Å². The van der Waals surface area contributed by atoms with Gasteiger partial charge in [-0.1, -0.05) is 0 Å². The van der Waals surface area contributed by atoms with Crippen molar-refractivity contribution >= 4 is 17.7 Å². The van der Waals surface area contributed by atoms with Crippen molar-refractivity contribution in [3.05, 3.63) is 22.7 Å². The SMILES string of the molecule is N=C(N)N.N=C(N)N.Nc1cc[nH]c(=O)n1. The summed E-state index contributed by atoms with van der Waals surface area (Å²) >= 11 is 0. The third kappa shape index (κ3) is 22.5. The highest BCUT2D eigenvalue weighted by atomic mass is 16.1. The van der Waals surface area contributed by atoms with Crippen LogP contribution in [0, 0.1) is 10.8 Å². The molecule has 1 aromatic heterocycles. The monoisotopic (exact) mass is 229 g/mol. The van der Waals surface area contributed by atoms with E-state index in [4.69, 9.17) is 16.6 Å². The molecule has 0 atom stereocenters. The summed E-state index contributed by atoms with van der Waals surface area (Å²) in [6, 6.07) is 1.52. The van der Waals surface area contributed by atoms with Gasteiger partial charge in [-0.05, 0) is 6.07 Å². The Morgan fingerprint density at radius 3 is 1.75 bits per heavy atom. The molecule has 16 heavy (non-hydrogen) atoms. The van der Waals surface area contributed by atoms with E-state index in [0.717, 1.165) is 0 Å². The van der Waals surface area contributed by atoms with E-state index in [1.165, 1.54) is 12.3 Å². The number of anilines is 1. The predicted molar refractivity (Wildman–Crippen MR) is 61.5 cm³/mol. The van der Waals surface area contributed by atoms with Gasteiger partial charge < -0.3 is 33.7 Å². The van der Waals surface area contributed by atoms with Gasteiger partial charge in [0.15, 0.2) is 11.9 Å². The lowest BCUT2D eigenvalue weighted by Crippen LogP contribution is -2.20. The molecule has 13 N–H and O–H groups in total. The maximum Gasteiger partial charge on any atom is 0.346 e. The summed E-state index contributed by atoms with van der Waals surface area (Å²) in [4.78, 5) is 15.9. The molecule has 0 aliphatic carbocycles. The molecule has 0 spiro atoms. The fourth-order valence-electron chi connectivity index (χ4n) is 0.385. The molecule has 0 saturated heterocycles. The van der Waals surface area contributed by atoms with Gasteiger partial charge in [-0.3, -0.25) is 10.8 Å². The Balaban J connectivity index is 0. The van der Waals surface area contributed by atoms with Gasteiger partial charge in [-0.15, -0.1) is 0 Å². The Morgan fingerprint density at radius 2 is 1.56 bits per heavy atom. The van der Waals surface area contributed by atoms with Crippen LogP contribution in [0.25, 0.3) is 0 Å². The topological polar surface area (TPSA) is 224 Å². The Hall–Kier alpha value is -2.78. The molecule has 90 valence electrons. The van der Waals surface area contributed by atoms with Crippen LogP contribution in [-0.2, 0) is 0 Å². The third-order valence-electron chi connectivity index (χ3n) is 0.692. The molecule has 1 heterocycles. The molecule has 0 aliphatic heterocycles. The number of nitrogens with zero attached hydrogens (tertiary/aromatic N) is 1. The maximum atomic E-state index is 10.2. The average molecular weight is 229 g/mol. The van der Waals surface area contributed by atoms with Gasteiger partial charge in [0.2, 0.25) is 0 Å². The summed E-state index contributed by atoms with van der Waals surface area (Å²) in [6.45, 7) is 0. The van der Waals surface area contributed by atoms with Crippen LogP contribution in [0.2, 0.25) is 0 Å². The van der Waals surface area contributed by atoms with Crippen LogP contribution in [0.15, 0.2) is 17.1 Å². The summed E-state index contributed by atoms with van der Waals surface area (Å²) in [7, 11) is 0. The quantitative estimate of drug-likeness (QED) is 0.170. The Labute approximate surface area is 90.8 Å². The van der Waals surface area contributed by atoms with Crippen molar-refractivity contribution in [3.63, 3.8) is 0 Å². The molecule has 1 aromatic rings. The number of hydrogen-bond donors (Lipinski definition) is 8. The predicted octanol–water partition coefficient (Wildman–Crippen LogP) is -2.97. The minimum Gasteiger partial charge on any atom is -0.383 e. The van der Waals surface area contributed by atoms with E-state index in [-0.39, 0.29) is 17.7 Å². The standard InChI is InChI=1S/C4H5N3O.2CH5N3/c5-3-1-2-6-4(8)7-3;2*2-1(3)4/h1-2H,(H3,5,6,7,8);2*(H5,2,3,4). The summed E-state index contributed by atoms with van der Waals surface area (Å²) in [5.41, 5.74) is 22.6. The number of aromatic amines is 1. The van der Waals surface area contributed by atoms with Crippen LogP contribution in [-0.4, -0.2) is 21.9 Å². The van der Waals surface area contributed by atoms with Crippen molar-refractivity contribution in [2.45, 2.75) is 0 Å². The number of H-pyrrole nitrogens is 1. The lowest BCUT2D eigenvalue weighted by atomic mass is 10.6. The number of rotatable bonds is 0. The molecule has 0 fully saturated rings. The van der Waals surface area contributed by atoms with Crippen LogP contribution in [0.1, 0.15) is 0 Å². The molecule has 10 nitrogen and oxygen atoms in total. The first-order valence-corrected chi connectivity index (χ1v) is 3.76. The minimum absolute atomic E-state index is 0.244. The van der Waals surface area contributed by atoms with Crippen LogP contribution in [0.3, 0.4) is 0 Å². The fourth-order valence-corrected chi connectivity index (χ4v) is 0.385. The van der Waals surface area contributed by atoms with Crippen LogP contribution in [0.4, 0.5) is 5.82 Å².